The SMILES string of the molecule is CC[C@H](O)c1ccc(N2CCC(NC(C)=O)CC2)cc1. The number of nitrogens with zero attached hydrogens (tertiary/aromatic N) is 1. The molecule has 1 heterocycles. The van der Waals surface area contributed by atoms with Crippen LogP contribution in [0.5, 0.6) is 0 Å². The first-order valence-corrected chi connectivity index (χ1v) is 7.40. The zero-order chi connectivity index (χ0) is 14.5. The fourth-order valence-electron chi connectivity index (χ4n) is 2.71. The van der Waals surface area contributed by atoms with Gasteiger partial charge in [-0.25, -0.2) is 0 Å². The smallest absolute Gasteiger partial charge is 0.217 e. The minimum Gasteiger partial charge on any atom is -0.388 e. The number of carbonyl (C=O) groups is 1. The molecule has 0 radical (unpaired) electrons. The summed E-state index contributed by atoms with van der Waals surface area (Å²) in [6, 6.07) is 8.47. The highest BCUT2D eigenvalue weighted by molar-refractivity contribution is 5.73. The quantitative estimate of drug-likeness (QED) is 0.886. The second-order valence-corrected chi connectivity index (χ2v) is 5.48. The predicted octanol–water partition coefficient (Wildman–Crippen LogP) is 2.23. The molecule has 1 saturated heterocycles. The first kappa shape index (κ1) is 14.9. The standard InChI is InChI=1S/C16H24N2O2/c1-3-16(20)13-4-6-15(7-5-13)18-10-8-14(9-11-18)17-12(2)19/h4-7,14,16,20H,3,8-11H2,1-2H3,(H,17,19)/t16-/m0/s1. The largest absolute Gasteiger partial charge is 0.388 e. The molecule has 1 amide bonds. The molecule has 0 aromatic heterocycles. The van der Waals surface area contributed by atoms with Gasteiger partial charge in [-0.1, -0.05) is 19.1 Å². The van der Waals surface area contributed by atoms with E-state index >= 15 is 0 Å². The van der Waals surface area contributed by atoms with Crippen LogP contribution < -0.4 is 10.2 Å². The second-order valence-electron chi connectivity index (χ2n) is 5.48. The highest BCUT2D eigenvalue weighted by Crippen LogP contribution is 2.23. The maximum Gasteiger partial charge on any atom is 0.217 e. The molecule has 110 valence electrons. The van der Waals surface area contributed by atoms with Gasteiger partial charge >= 0.3 is 0 Å². The molecule has 1 atom stereocenters. The Morgan fingerprint density at radius 2 is 1.95 bits per heavy atom. The summed E-state index contributed by atoms with van der Waals surface area (Å²) in [4.78, 5) is 13.4. The minimum atomic E-state index is -0.366. The van der Waals surface area contributed by atoms with Crippen LogP contribution in [0.25, 0.3) is 0 Å². The van der Waals surface area contributed by atoms with Crippen LogP contribution >= 0.6 is 0 Å². The molecule has 2 N–H and O–H groups in total. The summed E-state index contributed by atoms with van der Waals surface area (Å²) in [5.41, 5.74) is 2.17. The van der Waals surface area contributed by atoms with Crippen LogP contribution in [-0.4, -0.2) is 30.1 Å². The molecule has 2 rings (SSSR count). The van der Waals surface area contributed by atoms with Gasteiger partial charge in [-0.2, -0.15) is 0 Å². The number of nitrogens with one attached hydrogen (secondary N) is 1. The molecule has 0 unspecified atom stereocenters. The van der Waals surface area contributed by atoms with E-state index in [9.17, 15) is 9.90 Å². The molecule has 0 saturated carbocycles. The Morgan fingerprint density at radius 3 is 2.45 bits per heavy atom. The van der Waals surface area contributed by atoms with E-state index in [2.05, 4.69) is 22.3 Å². The van der Waals surface area contributed by atoms with E-state index in [4.69, 9.17) is 0 Å². The molecule has 1 aliphatic rings. The average molecular weight is 276 g/mol. The maximum absolute atomic E-state index is 11.0. The lowest BCUT2D eigenvalue weighted by atomic mass is 10.0. The lowest BCUT2D eigenvalue weighted by Gasteiger charge is -2.34. The summed E-state index contributed by atoms with van der Waals surface area (Å²) < 4.78 is 0. The molecule has 1 fully saturated rings. The topological polar surface area (TPSA) is 52.6 Å². The van der Waals surface area contributed by atoms with Gasteiger partial charge in [0.15, 0.2) is 0 Å². The lowest BCUT2D eigenvalue weighted by Crippen LogP contribution is -2.44. The van der Waals surface area contributed by atoms with Crippen LogP contribution in [0.1, 0.15) is 44.8 Å². The molecular formula is C16H24N2O2. The summed E-state index contributed by atoms with van der Waals surface area (Å²) in [6.45, 7) is 5.47. The number of anilines is 1. The number of benzene rings is 1. The Bertz CT molecular complexity index is 436. The molecule has 0 bridgehead atoms. The van der Waals surface area contributed by atoms with Gasteiger partial charge < -0.3 is 15.3 Å². The molecule has 4 nitrogen and oxygen atoms in total. The number of carbonyl (C=O) groups excluding carboxylic acids is 1. The van der Waals surface area contributed by atoms with Crippen LogP contribution in [0.4, 0.5) is 5.69 Å². The van der Waals surface area contributed by atoms with Crippen molar-refractivity contribution in [2.24, 2.45) is 0 Å². The van der Waals surface area contributed by atoms with Crippen LogP contribution in [0.2, 0.25) is 0 Å². The van der Waals surface area contributed by atoms with Crippen molar-refractivity contribution in [1.82, 2.24) is 5.32 Å². The van der Waals surface area contributed by atoms with E-state index < -0.39 is 0 Å². The molecule has 1 aliphatic heterocycles. The lowest BCUT2D eigenvalue weighted by molar-refractivity contribution is -0.119. The highest BCUT2D eigenvalue weighted by atomic mass is 16.3. The van der Waals surface area contributed by atoms with Gasteiger partial charge in [0.1, 0.15) is 0 Å². The van der Waals surface area contributed by atoms with Gasteiger partial charge in [-0.05, 0) is 37.0 Å². The summed E-state index contributed by atoms with van der Waals surface area (Å²) in [5.74, 6) is 0.0568. The van der Waals surface area contributed by atoms with Crippen LogP contribution in [0, 0.1) is 0 Å². The zero-order valence-electron chi connectivity index (χ0n) is 12.3. The number of amides is 1. The summed E-state index contributed by atoms with van der Waals surface area (Å²) in [5, 5.41) is 12.8. The molecule has 4 heteroatoms. The first-order valence-electron chi connectivity index (χ1n) is 7.40. The van der Waals surface area contributed by atoms with Gasteiger partial charge in [0, 0.05) is 31.7 Å². The monoisotopic (exact) mass is 276 g/mol. The summed E-state index contributed by atoms with van der Waals surface area (Å²) >= 11 is 0. The van der Waals surface area contributed by atoms with E-state index in [0.717, 1.165) is 37.9 Å². The van der Waals surface area contributed by atoms with Crippen molar-refractivity contribution in [1.29, 1.82) is 0 Å². The zero-order valence-corrected chi connectivity index (χ0v) is 12.3. The van der Waals surface area contributed by atoms with Crippen molar-refractivity contribution in [3.8, 4) is 0 Å². The third-order valence-electron chi connectivity index (χ3n) is 3.93. The Kier molecular flexibility index (Phi) is 5.01. The second kappa shape index (κ2) is 6.75. The molecule has 1 aromatic rings. The van der Waals surface area contributed by atoms with Crippen molar-refractivity contribution < 1.29 is 9.90 Å². The van der Waals surface area contributed by atoms with Gasteiger partial charge in [0.05, 0.1) is 6.10 Å². The minimum absolute atomic E-state index is 0.0568. The van der Waals surface area contributed by atoms with Gasteiger partial charge in [0.2, 0.25) is 5.91 Å². The summed E-state index contributed by atoms with van der Waals surface area (Å²) in [6.07, 6.45) is 2.34. The third kappa shape index (κ3) is 3.73. The Morgan fingerprint density at radius 1 is 1.35 bits per heavy atom. The van der Waals surface area contributed by atoms with E-state index in [1.165, 1.54) is 5.69 Å². The number of piperidine rings is 1. The normalized spacial score (nSPS) is 17.9. The Balaban J connectivity index is 1.92. The van der Waals surface area contributed by atoms with Crippen molar-refractivity contribution in [3.63, 3.8) is 0 Å². The molecule has 1 aromatic carbocycles. The van der Waals surface area contributed by atoms with E-state index in [0.29, 0.717) is 6.04 Å². The van der Waals surface area contributed by atoms with Crippen LogP contribution in [0.3, 0.4) is 0 Å². The van der Waals surface area contributed by atoms with Crippen LogP contribution in [-0.2, 0) is 4.79 Å². The number of aliphatic hydroxyl groups excluding tert-OH is 1. The molecular weight excluding hydrogens is 252 g/mol. The first-order chi connectivity index (χ1) is 9.60. The summed E-state index contributed by atoms with van der Waals surface area (Å²) in [7, 11) is 0. The van der Waals surface area contributed by atoms with Crippen molar-refractivity contribution in [3.05, 3.63) is 29.8 Å². The van der Waals surface area contributed by atoms with E-state index in [1.54, 1.807) is 6.92 Å². The van der Waals surface area contributed by atoms with E-state index in [1.807, 2.05) is 19.1 Å². The van der Waals surface area contributed by atoms with Gasteiger partial charge in [-0.3, -0.25) is 4.79 Å². The Hall–Kier alpha value is -1.55. The molecule has 20 heavy (non-hydrogen) atoms. The van der Waals surface area contributed by atoms with Crippen molar-refractivity contribution in [2.75, 3.05) is 18.0 Å². The number of hydrogen-bond donors (Lipinski definition) is 2. The Labute approximate surface area is 120 Å². The number of aliphatic hydroxyl groups is 1. The average Bonchev–Trinajstić information content (AvgIpc) is 2.47. The maximum atomic E-state index is 11.0. The van der Waals surface area contributed by atoms with Crippen LogP contribution in [0.15, 0.2) is 24.3 Å². The molecule has 0 aliphatic carbocycles. The number of hydrogen-bond acceptors (Lipinski definition) is 3. The fourth-order valence-corrected chi connectivity index (χ4v) is 2.71. The fraction of sp³-hybridized carbons (Fsp3) is 0.562. The van der Waals surface area contributed by atoms with Crippen molar-refractivity contribution >= 4 is 11.6 Å². The molecule has 0 spiro atoms. The third-order valence-corrected chi connectivity index (χ3v) is 3.93. The van der Waals surface area contributed by atoms with Crippen molar-refractivity contribution in [2.45, 2.75) is 45.3 Å². The predicted molar refractivity (Wildman–Crippen MR) is 80.7 cm³/mol. The number of rotatable bonds is 4. The van der Waals surface area contributed by atoms with Gasteiger partial charge in [-0.15, -0.1) is 0 Å². The van der Waals surface area contributed by atoms with Gasteiger partial charge in [0.25, 0.3) is 0 Å². The van der Waals surface area contributed by atoms with E-state index in [-0.39, 0.29) is 12.0 Å². The highest BCUT2D eigenvalue weighted by Gasteiger charge is 2.19.